The molecule has 0 bridgehead atoms. The van der Waals surface area contributed by atoms with Crippen LogP contribution in [0, 0.1) is 5.82 Å². The van der Waals surface area contributed by atoms with Gasteiger partial charge in [-0.05, 0) is 38.9 Å². The molecule has 0 aromatic heterocycles. The first kappa shape index (κ1) is 12.9. The maximum Gasteiger partial charge on any atom is 0.127 e. The fraction of sp³-hybridized carbons (Fsp3) is 0.600. The van der Waals surface area contributed by atoms with E-state index in [1.54, 1.807) is 6.07 Å². The number of rotatable bonds is 0. The van der Waals surface area contributed by atoms with E-state index >= 15 is 0 Å². The highest BCUT2D eigenvalue weighted by Gasteiger charge is 2.40. The maximum absolute atomic E-state index is 13.4. The highest BCUT2D eigenvalue weighted by Crippen LogP contribution is 2.43. The van der Waals surface area contributed by atoms with Gasteiger partial charge in [0.2, 0.25) is 0 Å². The first-order chi connectivity index (χ1) is 9.08. The summed E-state index contributed by atoms with van der Waals surface area (Å²) in [6.07, 6.45) is 3.90. The summed E-state index contributed by atoms with van der Waals surface area (Å²) in [5, 5.41) is 0. The van der Waals surface area contributed by atoms with Crippen molar-refractivity contribution in [3.8, 4) is 5.75 Å². The lowest BCUT2D eigenvalue weighted by Gasteiger charge is -2.41. The molecule has 1 fully saturated rings. The molecule has 0 aliphatic carbocycles. The molecule has 2 aliphatic heterocycles. The van der Waals surface area contributed by atoms with Crippen molar-refractivity contribution in [1.29, 1.82) is 0 Å². The Balaban J connectivity index is 1.90. The zero-order valence-electron chi connectivity index (χ0n) is 11.4. The van der Waals surface area contributed by atoms with Gasteiger partial charge in [-0.2, -0.15) is 0 Å². The molecule has 1 unspecified atom stereocenters. The third-order valence-electron chi connectivity index (χ3n) is 4.41. The van der Waals surface area contributed by atoms with Gasteiger partial charge in [0.05, 0.1) is 0 Å². The van der Waals surface area contributed by atoms with Gasteiger partial charge in [-0.25, -0.2) is 4.39 Å². The highest BCUT2D eigenvalue weighted by atomic mass is 19.1. The van der Waals surface area contributed by atoms with Crippen LogP contribution in [0.4, 0.5) is 4.39 Å². The lowest BCUT2D eigenvalue weighted by Crippen LogP contribution is -2.43. The van der Waals surface area contributed by atoms with Crippen LogP contribution in [0.3, 0.4) is 0 Å². The number of fused-ring (bicyclic) bond motifs is 1. The predicted molar refractivity (Wildman–Crippen MR) is 72.7 cm³/mol. The van der Waals surface area contributed by atoms with Crippen LogP contribution in [0.1, 0.15) is 37.3 Å². The van der Waals surface area contributed by atoms with Gasteiger partial charge >= 0.3 is 0 Å². The molecule has 3 rings (SSSR count). The summed E-state index contributed by atoms with van der Waals surface area (Å²) in [5.41, 5.74) is 7.00. The molecule has 2 atom stereocenters. The number of hydrogen-bond acceptors (Lipinski definition) is 3. The van der Waals surface area contributed by atoms with Gasteiger partial charge in [0, 0.05) is 30.6 Å². The second-order valence-electron chi connectivity index (χ2n) is 5.93. The molecule has 1 aromatic rings. The highest BCUT2D eigenvalue weighted by molar-refractivity contribution is 5.39. The molecular formula is C15H21FN2O. The number of likely N-dealkylation sites (tertiary alicyclic amines) is 1. The van der Waals surface area contributed by atoms with Crippen LogP contribution < -0.4 is 10.5 Å². The summed E-state index contributed by atoms with van der Waals surface area (Å²) < 4.78 is 19.6. The Hall–Kier alpha value is -1.13. The zero-order chi connectivity index (χ0) is 13.5. The topological polar surface area (TPSA) is 38.5 Å². The lowest BCUT2D eigenvalue weighted by molar-refractivity contribution is 0.0220. The molecule has 0 amide bonds. The van der Waals surface area contributed by atoms with E-state index in [-0.39, 0.29) is 17.5 Å². The molecule has 2 heterocycles. The molecule has 3 nitrogen and oxygen atoms in total. The largest absolute Gasteiger partial charge is 0.487 e. The summed E-state index contributed by atoms with van der Waals surface area (Å²) in [7, 11) is 2.13. The Kier molecular flexibility index (Phi) is 3.23. The molecule has 1 saturated heterocycles. The summed E-state index contributed by atoms with van der Waals surface area (Å²) in [4.78, 5) is 2.32. The third kappa shape index (κ3) is 2.47. The van der Waals surface area contributed by atoms with Crippen molar-refractivity contribution in [2.24, 2.45) is 5.73 Å². The quantitative estimate of drug-likeness (QED) is 0.782. The number of nitrogens with two attached hydrogens (primary N) is 1. The van der Waals surface area contributed by atoms with Crippen molar-refractivity contribution in [2.75, 3.05) is 20.1 Å². The van der Waals surface area contributed by atoms with E-state index in [1.165, 1.54) is 12.1 Å². The number of benzene rings is 1. The molecule has 4 heteroatoms. The van der Waals surface area contributed by atoms with Crippen molar-refractivity contribution in [3.05, 3.63) is 29.6 Å². The summed E-state index contributed by atoms with van der Waals surface area (Å²) in [5.74, 6) is 0.386. The Morgan fingerprint density at radius 2 is 2.21 bits per heavy atom. The number of hydrogen-bond donors (Lipinski definition) is 1. The minimum Gasteiger partial charge on any atom is -0.487 e. The average Bonchev–Trinajstić information content (AvgIpc) is 2.52. The van der Waals surface area contributed by atoms with Crippen LogP contribution in [0.15, 0.2) is 18.2 Å². The van der Waals surface area contributed by atoms with Crippen molar-refractivity contribution in [1.82, 2.24) is 4.90 Å². The van der Waals surface area contributed by atoms with Crippen molar-refractivity contribution >= 4 is 0 Å². The Morgan fingerprint density at radius 3 is 3.05 bits per heavy atom. The van der Waals surface area contributed by atoms with Crippen LogP contribution in [-0.4, -0.2) is 30.6 Å². The first-order valence-electron chi connectivity index (χ1n) is 7.01. The number of ether oxygens (including phenoxy) is 1. The van der Waals surface area contributed by atoms with Crippen LogP contribution in [0.5, 0.6) is 5.75 Å². The lowest BCUT2D eigenvalue weighted by atomic mass is 9.82. The summed E-state index contributed by atoms with van der Waals surface area (Å²) in [6, 6.07) is 4.64. The molecule has 0 saturated carbocycles. The van der Waals surface area contributed by atoms with Gasteiger partial charge in [-0.3, -0.25) is 0 Å². The van der Waals surface area contributed by atoms with E-state index in [2.05, 4.69) is 11.9 Å². The van der Waals surface area contributed by atoms with Gasteiger partial charge in [-0.1, -0.05) is 6.07 Å². The smallest absolute Gasteiger partial charge is 0.127 e. The number of halogens is 1. The molecule has 2 aliphatic rings. The van der Waals surface area contributed by atoms with Crippen LogP contribution >= 0.6 is 0 Å². The SMILES string of the molecule is CN1CCCC2(CC1)C[C@@H](N)c1ccc(F)cc1O2. The average molecular weight is 264 g/mol. The van der Waals surface area contributed by atoms with Gasteiger partial charge < -0.3 is 15.4 Å². The first-order valence-corrected chi connectivity index (χ1v) is 7.01. The maximum atomic E-state index is 13.4. The standard InChI is InChI=1S/C15H21FN2O/c1-18-7-2-5-15(6-8-18)10-13(17)12-4-3-11(16)9-14(12)19-15/h3-4,9,13H,2,5-8,10,17H2,1H3/t13-,15?/m1/s1. The Labute approximate surface area is 113 Å². The molecule has 104 valence electrons. The molecular weight excluding hydrogens is 243 g/mol. The van der Waals surface area contributed by atoms with Gasteiger partial charge in [0.25, 0.3) is 0 Å². The monoisotopic (exact) mass is 264 g/mol. The second kappa shape index (κ2) is 4.76. The molecule has 1 aromatic carbocycles. The minimum absolute atomic E-state index is 0.0484. The van der Waals surface area contributed by atoms with E-state index in [0.29, 0.717) is 5.75 Å². The summed E-state index contributed by atoms with van der Waals surface area (Å²) >= 11 is 0. The molecule has 1 spiro atoms. The minimum atomic E-state index is -0.256. The summed E-state index contributed by atoms with van der Waals surface area (Å²) in [6.45, 7) is 2.10. The normalized spacial score (nSPS) is 31.6. The fourth-order valence-corrected chi connectivity index (χ4v) is 3.30. The van der Waals surface area contributed by atoms with Crippen LogP contribution in [-0.2, 0) is 0 Å². The van der Waals surface area contributed by atoms with Crippen LogP contribution in [0.25, 0.3) is 0 Å². The third-order valence-corrected chi connectivity index (χ3v) is 4.41. The van der Waals surface area contributed by atoms with E-state index in [9.17, 15) is 4.39 Å². The Bertz CT molecular complexity index is 479. The van der Waals surface area contributed by atoms with Gasteiger partial charge in [0.15, 0.2) is 0 Å². The second-order valence-corrected chi connectivity index (χ2v) is 5.93. The molecule has 19 heavy (non-hydrogen) atoms. The van der Waals surface area contributed by atoms with Crippen molar-refractivity contribution in [3.63, 3.8) is 0 Å². The van der Waals surface area contributed by atoms with Gasteiger partial charge in [-0.15, -0.1) is 0 Å². The van der Waals surface area contributed by atoms with Crippen molar-refractivity contribution in [2.45, 2.75) is 37.3 Å². The predicted octanol–water partition coefficient (Wildman–Crippen LogP) is 2.46. The zero-order valence-corrected chi connectivity index (χ0v) is 11.4. The van der Waals surface area contributed by atoms with E-state index < -0.39 is 0 Å². The van der Waals surface area contributed by atoms with Gasteiger partial charge in [0.1, 0.15) is 17.2 Å². The van der Waals surface area contributed by atoms with E-state index in [0.717, 1.165) is 44.3 Å². The Morgan fingerprint density at radius 1 is 1.37 bits per heavy atom. The molecule has 2 N–H and O–H groups in total. The number of nitrogens with zero attached hydrogens (tertiary/aromatic N) is 1. The molecule has 0 radical (unpaired) electrons. The van der Waals surface area contributed by atoms with Crippen LogP contribution in [0.2, 0.25) is 0 Å². The fourth-order valence-electron chi connectivity index (χ4n) is 3.30. The van der Waals surface area contributed by atoms with Crippen molar-refractivity contribution < 1.29 is 9.13 Å². The van der Waals surface area contributed by atoms with E-state index in [4.69, 9.17) is 10.5 Å². The van der Waals surface area contributed by atoms with E-state index in [1.807, 2.05) is 0 Å².